The van der Waals surface area contributed by atoms with Crippen LogP contribution in [-0.2, 0) is 4.74 Å². The molecule has 2 unspecified atom stereocenters. The van der Waals surface area contributed by atoms with Crippen LogP contribution in [0.2, 0.25) is 0 Å². The van der Waals surface area contributed by atoms with Gasteiger partial charge in [0, 0.05) is 13.2 Å². The van der Waals surface area contributed by atoms with Gasteiger partial charge in [0.2, 0.25) is 0 Å². The van der Waals surface area contributed by atoms with E-state index >= 15 is 0 Å². The van der Waals surface area contributed by atoms with E-state index < -0.39 is 0 Å². The number of nitrogens with zero attached hydrogens (tertiary/aromatic N) is 2. The molecule has 0 aromatic heterocycles. The van der Waals surface area contributed by atoms with Crippen molar-refractivity contribution in [2.45, 2.75) is 67.2 Å². The summed E-state index contributed by atoms with van der Waals surface area (Å²) in [6.45, 7) is 22.7. The van der Waals surface area contributed by atoms with Crippen molar-refractivity contribution >= 4 is 0 Å². The van der Waals surface area contributed by atoms with E-state index in [0.29, 0.717) is 11.8 Å². The maximum Gasteiger partial charge on any atom is 0.0491 e. The van der Waals surface area contributed by atoms with Gasteiger partial charge in [0.25, 0.3) is 0 Å². The fourth-order valence-electron chi connectivity index (χ4n) is 3.04. The Balaban J connectivity index is 3.57. The van der Waals surface area contributed by atoms with Crippen LogP contribution in [-0.4, -0.2) is 62.3 Å². The second-order valence-corrected chi connectivity index (χ2v) is 7.09. The fourth-order valence-corrected chi connectivity index (χ4v) is 3.04. The first-order valence-electron chi connectivity index (χ1n) is 10.1. The number of hydrogen-bond acceptors (Lipinski definition) is 3. The summed E-state index contributed by atoms with van der Waals surface area (Å²) in [7, 11) is 0. The van der Waals surface area contributed by atoms with Gasteiger partial charge in [0.15, 0.2) is 0 Å². The number of ether oxygens (including phenoxy) is 1. The number of rotatable bonds is 16. The second-order valence-electron chi connectivity index (χ2n) is 7.09. The lowest BCUT2D eigenvalue weighted by Gasteiger charge is -2.20. The largest absolute Gasteiger partial charge is 0.381 e. The van der Waals surface area contributed by atoms with Crippen molar-refractivity contribution in [1.82, 2.24) is 9.80 Å². The molecule has 0 aliphatic carbocycles. The molecule has 0 rings (SSSR count). The predicted molar refractivity (Wildman–Crippen MR) is 103 cm³/mol. The summed E-state index contributed by atoms with van der Waals surface area (Å²) in [4.78, 5) is 5.01. The lowest BCUT2D eigenvalue weighted by Crippen LogP contribution is -2.25. The topological polar surface area (TPSA) is 15.7 Å². The van der Waals surface area contributed by atoms with Crippen molar-refractivity contribution in [3.05, 3.63) is 0 Å². The van der Waals surface area contributed by atoms with E-state index in [2.05, 4.69) is 51.3 Å². The Labute approximate surface area is 146 Å². The smallest absolute Gasteiger partial charge is 0.0491 e. The van der Waals surface area contributed by atoms with Crippen molar-refractivity contribution in [1.29, 1.82) is 0 Å². The minimum Gasteiger partial charge on any atom is -0.381 e. The standard InChI is InChI=1S/C20H44N2O/c1-7-21(8-2)15-11-13-19(5)17-23-18-20(6)14-12-16-22(9-3)10-4/h19-20H,7-18H2,1-6H3. The van der Waals surface area contributed by atoms with E-state index in [-0.39, 0.29) is 0 Å². The average Bonchev–Trinajstić information content (AvgIpc) is 2.55. The van der Waals surface area contributed by atoms with Crippen LogP contribution in [0.4, 0.5) is 0 Å². The third-order valence-electron chi connectivity index (χ3n) is 4.94. The minimum atomic E-state index is 0.688. The van der Waals surface area contributed by atoms with Crippen molar-refractivity contribution in [2.75, 3.05) is 52.5 Å². The van der Waals surface area contributed by atoms with Gasteiger partial charge >= 0.3 is 0 Å². The van der Waals surface area contributed by atoms with E-state index in [1.807, 2.05) is 0 Å². The molecule has 0 bridgehead atoms. The molecule has 3 nitrogen and oxygen atoms in total. The van der Waals surface area contributed by atoms with Gasteiger partial charge in [-0.25, -0.2) is 0 Å². The first kappa shape index (κ1) is 22.9. The van der Waals surface area contributed by atoms with Crippen LogP contribution in [0.3, 0.4) is 0 Å². The maximum atomic E-state index is 5.95. The van der Waals surface area contributed by atoms with Crippen LogP contribution in [0.1, 0.15) is 67.2 Å². The van der Waals surface area contributed by atoms with E-state index in [4.69, 9.17) is 4.74 Å². The molecule has 0 aromatic carbocycles. The normalized spacial score (nSPS) is 14.6. The Morgan fingerprint density at radius 1 is 0.652 bits per heavy atom. The quantitative estimate of drug-likeness (QED) is 0.414. The van der Waals surface area contributed by atoms with Gasteiger partial charge in [0.1, 0.15) is 0 Å². The molecule has 23 heavy (non-hydrogen) atoms. The van der Waals surface area contributed by atoms with Gasteiger partial charge in [-0.05, 0) is 76.8 Å². The van der Waals surface area contributed by atoms with Gasteiger partial charge in [0.05, 0.1) is 0 Å². The molecule has 0 heterocycles. The molecule has 0 saturated carbocycles. The fraction of sp³-hybridized carbons (Fsp3) is 1.00. The SMILES string of the molecule is CCN(CC)CCCC(C)COCC(C)CCCN(CC)CC. The van der Waals surface area contributed by atoms with Crippen LogP contribution >= 0.6 is 0 Å². The Morgan fingerprint density at radius 2 is 1.00 bits per heavy atom. The molecule has 0 aromatic rings. The summed E-state index contributed by atoms with van der Waals surface area (Å²) in [6.07, 6.45) is 5.16. The van der Waals surface area contributed by atoms with Crippen LogP contribution in [0.15, 0.2) is 0 Å². The summed E-state index contributed by atoms with van der Waals surface area (Å²) >= 11 is 0. The molecule has 0 N–H and O–H groups in total. The van der Waals surface area contributed by atoms with E-state index in [1.165, 1.54) is 65.0 Å². The van der Waals surface area contributed by atoms with Crippen molar-refractivity contribution in [3.63, 3.8) is 0 Å². The van der Waals surface area contributed by atoms with Gasteiger partial charge in [-0.1, -0.05) is 41.5 Å². The molecule has 0 radical (unpaired) electrons. The Hall–Kier alpha value is -0.120. The lowest BCUT2D eigenvalue weighted by atomic mass is 10.1. The predicted octanol–water partition coefficient (Wildman–Crippen LogP) is 4.52. The van der Waals surface area contributed by atoms with Gasteiger partial charge in [-0.3, -0.25) is 0 Å². The van der Waals surface area contributed by atoms with Crippen LogP contribution in [0.5, 0.6) is 0 Å². The summed E-state index contributed by atoms with van der Waals surface area (Å²) < 4.78 is 5.95. The lowest BCUT2D eigenvalue weighted by molar-refractivity contribution is 0.0728. The van der Waals surface area contributed by atoms with Gasteiger partial charge < -0.3 is 14.5 Å². The van der Waals surface area contributed by atoms with Gasteiger partial charge in [-0.2, -0.15) is 0 Å². The maximum absolute atomic E-state index is 5.95. The average molecular weight is 329 g/mol. The summed E-state index contributed by atoms with van der Waals surface area (Å²) in [5.74, 6) is 1.38. The molecule has 0 aliphatic heterocycles. The highest BCUT2D eigenvalue weighted by Crippen LogP contribution is 2.11. The minimum absolute atomic E-state index is 0.688. The Kier molecular flexibility index (Phi) is 15.3. The third kappa shape index (κ3) is 12.9. The molecule has 140 valence electrons. The summed E-state index contributed by atoms with van der Waals surface area (Å²) in [5, 5.41) is 0. The third-order valence-corrected chi connectivity index (χ3v) is 4.94. The van der Waals surface area contributed by atoms with Crippen molar-refractivity contribution in [3.8, 4) is 0 Å². The zero-order chi connectivity index (χ0) is 17.5. The molecule has 0 fully saturated rings. The molecule has 0 aliphatic rings. The summed E-state index contributed by atoms with van der Waals surface area (Å²) in [6, 6.07) is 0. The molecular formula is C20H44N2O. The molecular weight excluding hydrogens is 284 g/mol. The highest BCUT2D eigenvalue weighted by atomic mass is 16.5. The first-order chi connectivity index (χ1) is 11.1. The molecule has 3 heteroatoms. The molecule has 2 atom stereocenters. The summed E-state index contributed by atoms with van der Waals surface area (Å²) in [5.41, 5.74) is 0. The zero-order valence-electron chi connectivity index (χ0n) is 16.9. The van der Waals surface area contributed by atoms with Crippen LogP contribution in [0.25, 0.3) is 0 Å². The molecule has 0 spiro atoms. The first-order valence-corrected chi connectivity index (χ1v) is 10.1. The van der Waals surface area contributed by atoms with Crippen LogP contribution < -0.4 is 0 Å². The second kappa shape index (κ2) is 15.4. The van der Waals surface area contributed by atoms with E-state index in [1.54, 1.807) is 0 Å². The highest BCUT2D eigenvalue weighted by molar-refractivity contribution is 4.59. The highest BCUT2D eigenvalue weighted by Gasteiger charge is 2.08. The number of hydrogen-bond donors (Lipinski definition) is 0. The van der Waals surface area contributed by atoms with Crippen molar-refractivity contribution in [2.24, 2.45) is 11.8 Å². The van der Waals surface area contributed by atoms with E-state index in [0.717, 1.165) is 13.2 Å². The van der Waals surface area contributed by atoms with Crippen LogP contribution in [0, 0.1) is 11.8 Å². The Bertz CT molecular complexity index is 216. The van der Waals surface area contributed by atoms with Crippen molar-refractivity contribution < 1.29 is 4.74 Å². The monoisotopic (exact) mass is 328 g/mol. The van der Waals surface area contributed by atoms with E-state index in [9.17, 15) is 0 Å². The molecule has 0 amide bonds. The Morgan fingerprint density at radius 3 is 1.30 bits per heavy atom. The molecule has 0 saturated heterocycles. The zero-order valence-corrected chi connectivity index (χ0v) is 16.9. The van der Waals surface area contributed by atoms with Gasteiger partial charge in [-0.15, -0.1) is 0 Å².